The Labute approximate surface area is 250 Å². The molecule has 6 atom stereocenters. The van der Waals surface area contributed by atoms with E-state index in [1.165, 1.54) is 0 Å². The molecule has 1 aromatic rings. The van der Waals surface area contributed by atoms with Crippen molar-refractivity contribution in [3.8, 4) is 0 Å². The molecule has 0 aromatic heterocycles. The number of anilines is 2. The molecule has 9 heteroatoms. The highest BCUT2D eigenvalue weighted by Gasteiger charge is 2.80. The molecule has 1 aromatic carbocycles. The van der Waals surface area contributed by atoms with Crippen LogP contribution in [-0.4, -0.2) is 84.4 Å². The summed E-state index contributed by atoms with van der Waals surface area (Å²) in [5.41, 5.74) is -0.335. The third-order valence-electron chi connectivity index (χ3n) is 9.54. The monoisotopic (exact) mass is 581 g/mol. The Morgan fingerprint density at radius 3 is 2.40 bits per heavy atom. The van der Waals surface area contributed by atoms with Crippen LogP contribution in [0.5, 0.6) is 0 Å². The Morgan fingerprint density at radius 1 is 1.14 bits per heavy atom. The molecule has 3 aliphatic heterocycles. The van der Waals surface area contributed by atoms with Crippen LogP contribution >= 0.6 is 0 Å². The van der Waals surface area contributed by atoms with E-state index in [4.69, 9.17) is 9.47 Å². The summed E-state index contributed by atoms with van der Waals surface area (Å²) in [6, 6.07) is 6.93. The van der Waals surface area contributed by atoms with E-state index in [0.29, 0.717) is 31.4 Å². The normalized spacial score (nSPS) is 29.4. The Balaban J connectivity index is 1.75. The number of hydrogen-bond donors (Lipinski definition) is 1. The van der Waals surface area contributed by atoms with Gasteiger partial charge >= 0.3 is 5.97 Å². The number of benzene rings is 1. The van der Waals surface area contributed by atoms with Gasteiger partial charge in [-0.25, -0.2) is 0 Å². The number of amides is 2. The van der Waals surface area contributed by atoms with Gasteiger partial charge in [0.2, 0.25) is 5.91 Å². The fourth-order valence-electron chi connectivity index (χ4n) is 7.37. The summed E-state index contributed by atoms with van der Waals surface area (Å²) in [7, 11) is 0. The Hall–Kier alpha value is -3.17. The second-order valence-corrected chi connectivity index (χ2v) is 11.8. The van der Waals surface area contributed by atoms with Crippen molar-refractivity contribution in [2.45, 2.75) is 70.6 Å². The van der Waals surface area contributed by atoms with Crippen molar-refractivity contribution in [1.29, 1.82) is 0 Å². The molecule has 1 spiro atoms. The number of rotatable bonds is 15. The van der Waals surface area contributed by atoms with E-state index in [-0.39, 0.29) is 44.0 Å². The van der Waals surface area contributed by atoms with Gasteiger partial charge in [0, 0.05) is 44.2 Å². The lowest BCUT2D eigenvalue weighted by atomic mass is 9.62. The summed E-state index contributed by atoms with van der Waals surface area (Å²) in [6.07, 6.45) is 5.36. The topological polar surface area (TPSA) is 99.6 Å². The number of hydrogen-bond acceptors (Lipinski definition) is 7. The molecule has 2 amide bonds. The number of carbonyl (C=O) groups is 3. The van der Waals surface area contributed by atoms with Gasteiger partial charge in [0.1, 0.15) is 17.6 Å². The van der Waals surface area contributed by atoms with E-state index in [1.54, 1.807) is 22.0 Å². The summed E-state index contributed by atoms with van der Waals surface area (Å²) < 4.78 is 12.4. The van der Waals surface area contributed by atoms with Crippen LogP contribution in [0.1, 0.15) is 53.4 Å². The second-order valence-electron chi connectivity index (χ2n) is 11.8. The molecular weight excluding hydrogens is 534 g/mol. The maximum absolute atomic E-state index is 14.7. The number of carbonyl (C=O) groups excluding carboxylic acids is 3. The number of esters is 1. The lowest BCUT2D eigenvalue weighted by Gasteiger charge is -2.37. The summed E-state index contributed by atoms with van der Waals surface area (Å²) in [4.78, 5) is 48.0. The van der Waals surface area contributed by atoms with Crippen LogP contribution in [0.2, 0.25) is 0 Å². The first-order chi connectivity index (χ1) is 20.1. The van der Waals surface area contributed by atoms with E-state index < -0.39 is 35.0 Å². The van der Waals surface area contributed by atoms with Gasteiger partial charge in [0.25, 0.3) is 5.91 Å². The van der Waals surface area contributed by atoms with E-state index >= 15 is 0 Å². The van der Waals surface area contributed by atoms with Gasteiger partial charge in [0.15, 0.2) is 0 Å². The Bertz CT molecular complexity index is 1170. The number of unbranched alkanes of at least 4 members (excludes halogenated alkanes) is 1. The van der Waals surface area contributed by atoms with Crippen molar-refractivity contribution in [1.82, 2.24) is 4.90 Å². The fourth-order valence-corrected chi connectivity index (χ4v) is 7.37. The van der Waals surface area contributed by atoms with Gasteiger partial charge in [0.05, 0.1) is 18.1 Å². The standard InChI is InChI=1S/C33H47N3O6/c1-7-11-21-41-31(40)27-26-29(38)36(19-12-13-20-37)28(33(26)22-23(5)32(27,6)42-33)30(39)35(18-8-2)25-16-14-24(15-17-25)34(9-3)10-4/h7-8,14-17,23,26-28,37H,1-2,9-13,18-22H2,3-6H3/t23?,26-,27-,28?,32+,33?/m0/s1. The predicted molar refractivity (Wildman–Crippen MR) is 163 cm³/mol. The summed E-state index contributed by atoms with van der Waals surface area (Å²) in [6.45, 7) is 18.1. The lowest BCUT2D eigenvalue weighted by molar-refractivity contribution is -0.161. The zero-order valence-corrected chi connectivity index (χ0v) is 25.6. The van der Waals surface area contributed by atoms with Crippen LogP contribution in [0.4, 0.5) is 11.4 Å². The summed E-state index contributed by atoms with van der Waals surface area (Å²) in [5.74, 6) is -2.71. The molecule has 4 rings (SSSR count). The molecule has 3 heterocycles. The molecule has 42 heavy (non-hydrogen) atoms. The van der Waals surface area contributed by atoms with E-state index in [9.17, 15) is 19.5 Å². The minimum Gasteiger partial charge on any atom is -0.465 e. The summed E-state index contributed by atoms with van der Waals surface area (Å²) in [5, 5.41) is 9.45. The van der Waals surface area contributed by atoms with Gasteiger partial charge in [-0.2, -0.15) is 0 Å². The average Bonchev–Trinajstić information content (AvgIpc) is 3.49. The van der Waals surface area contributed by atoms with Gasteiger partial charge < -0.3 is 29.3 Å². The van der Waals surface area contributed by atoms with Crippen LogP contribution < -0.4 is 9.80 Å². The number of fused-ring (bicyclic) bond motifs is 1. The van der Waals surface area contributed by atoms with Gasteiger partial charge in [-0.15, -0.1) is 13.2 Å². The second kappa shape index (κ2) is 13.0. The van der Waals surface area contributed by atoms with Crippen LogP contribution in [0, 0.1) is 17.8 Å². The van der Waals surface area contributed by atoms with E-state index in [0.717, 1.165) is 18.8 Å². The maximum atomic E-state index is 14.7. The Kier molecular flexibility index (Phi) is 9.83. The first kappa shape index (κ1) is 31.8. The number of aliphatic hydroxyl groups is 1. The van der Waals surface area contributed by atoms with Crippen molar-refractivity contribution in [2.75, 3.05) is 49.2 Å². The summed E-state index contributed by atoms with van der Waals surface area (Å²) >= 11 is 0. The van der Waals surface area contributed by atoms with Crippen molar-refractivity contribution in [2.24, 2.45) is 17.8 Å². The highest BCUT2D eigenvalue weighted by Crippen LogP contribution is 2.65. The van der Waals surface area contributed by atoms with Crippen LogP contribution in [0.25, 0.3) is 0 Å². The van der Waals surface area contributed by atoms with E-state index in [1.807, 2.05) is 38.1 Å². The fraction of sp³-hybridized carbons (Fsp3) is 0.606. The molecular formula is C33H47N3O6. The van der Waals surface area contributed by atoms with Crippen molar-refractivity contribution in [3.05, 3.63) is 49.6 Å². The molecule has 0 aliphatic carbocycles. The number of aliphatic hydroxyl groups excluding tert-OH is 1. The quantitative estimate of drug-likeness (QED) is 0.190. The van der Waals surface area contributed by atoms with Crippen molar-refractivity contribution >= 4 is 29.2 Å². The third-order valence-corrected chi connectivity index (χ3v) is 9.54. The molecule has 230 valence electrons. The van der Waals surface area contributed by atoms with Gasteiger partial charge in [-0.3, -0.25) is 14.4 Å². The van der Waals surface area contributed by atoms with Crippen molar-refractivity contribution < 1.29 is 29.0 Å². The molecule has 2 bridgehead atoms. The molecule has 0 saturated carbocycles. The first-order valence-electron chi connectivity index (χ1n) is 15.3. The Morgan fingerprint density at radius 2 is 1.81 bits per heavy atom. The zero-order valence-electron chi connectivity index (χ0n) is 25.6. The number of nitrogens with zero attached hydrogens (tertiary/aromatic N) is 3. The number of ether oxygens (including phenoxy) is 2. The molecule has 9 nitrogen and oxygen atoms in total. The molecule has 3 fully saturated rings. The first-order valence-corrected chi connectivity index (χ1v) is 15.3. The zero-order chi connectivity index (χ0) is 30.7. The predicted octanol–water partition coefficient (Wildman–Crippen LogP) is 3.95. The van der Waals surface area contributed by atoms with Crippen LogP contribution in [0.15, 0.2) is 49.6 Å². The van der Waals surface area contributed by atoms with Crippen molar-refractivity contribution in [3.63, 3.8) is 0 Å². The minimum absolute atomic E-state index is 0.0133. The highest BCUT2D eigenvalue weighted by molar-refractivity contribution is 6.05. The highest BCUT2D eigenvalue weighted by atomic mass is 16.6. The van der Waals surface area contributed by atoms with E-state index in [2.05, 4.69) is 31.9 Å². The molecule has 3 unspecified atom stereocenters. The molecule has 3 saturated heterocycles. The molecule has 3 aliphatic rings. The van der Waals surface area contributed by atoms with Crippen LogP contribution in [0.3, 0.4) is 0 Å². The SMILES string of the molecule is C=CCCOC(=O)[C@@H]1[C@H]2C(=O)N(CCCCO)C(C(=O)N(CC=C)c3ccc(N(CC)CC)cc3)C23CC(C)[C@@]1(C)O3. The largest absolute Gasteiger partial charge is 0.465 e. The smallest absolute Gasteiger partial charge is 0.312 e. The van der Waals surface area contributed by atoms with Gasteiger partial charge in [-0.05, 0) is 76.6 Å². The third kappa shape index (κ3) is 5.26. The number of likely N-dealkylation sites (tertiary alicyclic amines) is 1. The lowest BCUT2D eigenvalue weighted by Crippen LogP contribution is -2.57. The van der Waals surface area contributed by atoms with Gasteiger partial charge in [-0.1, -0.05) is 19.1 Å². The minimum atomic E-state index is -1.16. The molecule has 1 N–H and O–H groups in total. The molecule has 0 radical (unpaired) electrons. The maximum Gasteiger partial charge on any atom is 0.312 e. The van der Waals surface area contributed by atoms with Crippen LogP contribution in [-0.2, 0) is 23.9 Å². The average molecular weight is 582 g/mol.